The average Bonchev–Trinajstić information content (AvgIpc) is 2.15. The summed E-state index contributed by atoms with van der Waals surface area (Å²) >= 11 is 0. The topological polar surface area (TPSA) is 47.0 Å². The van der Waals surface area contributed by atoms with E-state index in [9.17, 15) is 4.79 Å². The monoisotopic (exact) mass is 127 g/mol. The zero-order valence-corrected chi connectivity index (χ0v) is 5.26. The molecule has 4 heteroatoms. The van der Waals surface area contributed by atoms with E-state index in [-0.39, 0.29) is 5.69 Å². The molecule has 1 rings (SSSR count). The van der Waals surface area contributed by atoms with E-state index in [0.29, 0.717) is 5.88 Å². The van der Waals surface area contributed by atoms with E-state index >= 15 is 0 Å². The lowest BCUT2D eigenvalue weighted by atomic mass is 10.8. The first kappa shape index (κ1) is 5.94. The van der Waals surface area contributed by atoms with Crippen molar-refractivity contribution >= 4 is 0 Å². The molecular formula is C5H7N2O2. The van der Waals surface area contributed by atoms with Gasteiger partial charge in [0.05, 0.1) is 7.11 Å². The Hall–Kier alpha value is -1.19. The number of hydrogen-bond acceptors (Lipinski definition) is 2. The van der Waals surface area contributed by atoms with Crippen LogP contribution in [0, 0.1) is 6.20 Å². The normalized spacial score (nSPS) is 9.56. The third-order valence-electron chi connectivity index (χ3n) is 1.08. The van der Waals surface area contributed by atoms with Crippen molar-refractivity contribution in [2.75, 3.05) is 7.11 Å². The van der Waals surface area contributed by atoms with Crippen LogP contribution < -0.4 is 10.4 Å². The second kappa shape index (κ2) is 1.97. The highest BCUT2D eigenvalue weighted by Crippen LogP contribution is 1.98. The summed E-state index contributed by atoms with van der Waals surface area (Å²) in [5.74, 6) is 0.417. The summed E-state index contributed by atoms with van der Waals surface area (Å²) in [5, 5.41) is 0. The molecule has 4 nitrogen and oxygen atoms in total. The smallest absolute Gasteiger partial charge is 0.328 e. The van der Waals surface area contributed by atoms with E-state index in [4.69, 9.17) is 4.74 Å². The minimum atomic E-state index is -0.216. The van der Waals surface area contributed by atoms with Crippen LogP contribution in [-0.4, -0.2) is 16.7 Å². The summed E-state index contributed by atoms with van der Waals surface area (Å²) in [7, 11) is 3.09. The second-order valence-corrected chi connectivity index (χ2v) is 1.62. The van der Waals surface area contributed by atoms with Gasteiger partial charge in [0.25, 0.3) is 0 Å². The molecule has 0 saturated heterocycles. The van der Waals surface area contributed by atoms with Gasteiger partial charge in [-0.15, -0.1) is 0 Å². The summed E-state index contributed by atoms with van der Waals surface area (Å²) in [6.45, 7) is 0. The van der Waals surface area contributed by atoms with Crippen LogP contribution in [-0.2, 0) is 7.05 Å². The molecule has 1 N–H and O–H groups in total. The SMILES string of the molecule is COc1[c][nH]c(=O)n1C. The van der Waals surface area contributed by atoms with Crippen molar-refractivity contribution in [3.05, 3.63) is 16.7 Å². The van der Waals surface area contributed by atoms with Crippen LogP contribution in [0.15, 0.2) is 4.79 Å². The van der Waals surface area contributed by atoms with Gasteiger partial charge in [0.15, 0.2) is 0 Å². The molecule has 0 fully saturated rings. The van der Waals surface area contributed by atoms with Gasteiger partial charge in [-0.25, -0.2) is 4.79 Å². The summed E-state index contributed by atoms with van der Waals surface area (Å²) in [6.07, 6.45) is 2.53. The number of aromatic nitrogens is 2. The van der Waals surface area contributed by atoms with Gasteiger partial charge in [-0.3, -0.25) is 4.57 Å². The van der Waals surface area contributed by atoms with Gasteiger partial charge < -0.3 is 9.72 Å². The molecule has 0 bridgehead atoms. The Labute approximate surface area is 52.1 Å². The fourth-order valence-electron chi connectivity index (χ4n) is 0.555. The highest BCUT2D eigenvalue weighted by molar-refractivity contribution is 5.01. The molecule has 1 heterocycles. The van der Waals surface area contributed by atoms with Crippen molar-refractivity contribution < 1.29 is 4.74 Å². The number of rotatable bonds is 1. The van der Waals surface area contributed by atoms with Crippen LogP contribution >= 0.6 is 0 Å². The Bertz CT molecular complexity index is 248. The zero-order chi connectivity index (χ0) is 6.85. The number of H-pyrrole nitrogens is 1. The third-order valence-corrected chi connectivity index (χ3v) is 1.08. The molecule has 9 heavy (non-hydrogen) atoms. The molecule has 1 aromatic heterocycles. The molecule has 0 amide bonds. The van der Waals surface area contributed by atoms with Gasteiger partial charge in [0.1, 0.15) is 6.20 Å². The fourth-order valence-corrected chi connectivity index (χ4v) is 0.555. The number of methoxy groups -OCH3 is 1. The van der Waals surface area contributed by atoms with E-state index in [0.717, 1.165) is 0 Å². The van der Waals surface area contributed by atoms with E-state index in [1.807, 2.05) is 0 Å². The molecule has 0 aliphatic carbocycles. The Morgan fingerprint density at radius 1 is 1.78 bits per heavy atom. The van der Waals surface area contributed by atoms with Crippen molar-refractivity contribution in [2.45, 2.75) is 0 Å². The quantitative estimate of drug-likeness (QED) is 0.554. The molecule has 0 aliphatic rings. The molecule has 0 unspecified atom stereocenters. The molecule has 0 aromatic carbocycles. The maximum absolute atomic E-state index is 10.6. The highest BCUT2D eigenvalue weighted by atomic mass is 16.5. The highest BCUT2D eigenvalue weighted by Gasteiger charge is 1.98. The van der Waals surface area contributed by atoms with Crippen LogP contribution in [0.3, 0.4) is 0 Å². The summed E-state index contributed by atoms with van der Waals surface area (Å²) in [4.78, 5) is 12.9. The lowest BCUT2D eigenvalue weighted by molar-refractivity contribution is 0.379. The molecule has 1 radical (unpaired) electrons. The Kier molecular flexibility index (Phi) is 1.30. The largest absolute Gasteiger partial charge is 0.481 e. The molecule has 0 aliphatic heterocycles. The molecule has 0 spiro atoms. The molecule has 49 valence electrons. The van der Waals surface area contributed by atoms with E-state index < -0.39 is 0 Å². The zero-order valence-electron chi connectivity index (χ0n) is 5.26. The summed E-state index contributed by atoms with van der Waals surface area (Å²) in [5.41, 5.74) is -0.216. The van der Waals surface area contributed by atoms with Crippen molar-refractivity contribution in [3.63, 3.8) is 0 Å². The van der Waals surface area contributed by atoms with Gasteiger partial charge in [-0.05, 0) is 0 Å². The standard InChI is InChI=1S/C5H7N2O2/c1-7-4(9-2)3-6-5(7)8/h1-2H3,(H,6,8). The lowest BCUT2D eigenvalue weighted by Crippen LogP contribution is -2.12. The Balaban J connectivity index is 3.20. The lowest BCUT2D eigenvalue weighted by Gasteiger charge is -1.94. The minimum absolute atomic E-state index is 0.216. The summed E-state index contributed by atoms with van der Waals surface area (Å²) in [6, 6.07) is 0. The van der Waals surface area contributed by atoms with Gasteiger partial charge >= 0.3 is 5.69 Å². The number of aromatic amines is 1. The number of nitrogens with one attached hydrogen (secondary N) is 1. The predicted octanol–water partition coefficient (Wildman–Crippen LogP) is -0.478. The van der Waals surface area contributed by atoms with Gasteiger partial charge in [0.2, 0.25) is 5.88 Å². The van der Waals surface area contributed by atoms with Gasteiger partial charge in [-0.1, -0.05) is 0 Å². The van der Waals surface area contributed by atoms with E-state index in [2.05, 4.69) is 11.2 Å². The van der Waals surface area contributed by atoms with Crippen LogP contribution in [0.5, 0.6) is 5.88 Å². The summed E-state index contributed by atoms with van der Waals surface area (Å²) < 4.78 is 6.08. The minimum Gasteiger partial charge on any atom is -0.481 e. The number of hydrogen-bond donors (Lipinski definition) is 1. The Morgan fingerprint density at radius 3 is 2.67 bits per heavy atom. The van der Waals surface area contributed by atoms with E-state index in [1.165, 1.54) is 11.7 Å². The first-order valence-electron chi connectivity index (χ1n) is 2.46. The third kappa shape index (κ3) is 0.826. The van der Waals surface area contributed by atoms with Crippen LogP contribution in [0.25, 0.3) is 0 Å². The van der Waals surface area contributed by atoms with Crippen LogP contribution in [0.1, 0.15) is 0 Å². The van der Waals surface area contributed by atoms with Crippen LogP contribution in [0.4, 0.5) is 0 Å². The van der Waals surface area contributed by atoms with Crippen molar-refractivity contribution in [1.82, 2.24) is 9.55 Å². The first-order valence-corrected chi connectivity index (χ1v) is 2.46. The maximum Gasteiger partial charge on any atom is 0.328 e. The maximum atomic E-state index is 10.6. The van der Waals surface area contributed by atoms with Crippen molar-refractivity contribution in [1.29, 1.82) is 0 Å². The number of ether oxygens (including phenoxy) is 1. The number of imidazole rings is 1. The second-order valence-electron chi connectivity index (χ2n) is 1.62. The molecule has 1 aromatic rings. The van der Waals surface area contributed by atoms with Gasteiger partial charge in [0, 0.05) is 7.05 Å². The molecule has 0 saturated carbocycles. The van der Waals surface area contributed by atoms with Crippen molar-refractivity contribution in [3.8, 4) is 5.88 Å². The van der Waals surface area contributed by atoms with E-state index in [1.54, 1.807) is 7.05 Å². The predicted molar refractivity (Wildman–Crippen MR) is 31.4 cm³/mol. The van der Waals surface area contributed by atoms with Crippen LogP contribution in [0.2, 0.25) is 0 Å². The fraction of sp³-hybridized carbons (Fsp3) is 0.400. The number of nitrogens with zero attached hydrogens (tertiary/aromatic N) is 1. The van der Waals surface area contributed by atoms with Gasteiger partial charge in [-0.2, -0.15) is 0 Å². The van der Waals surface area contributed by atoms with Crippen molar-refractivity contribution in [2.24, 2.45) is 7.05 Å². The Morgan fingerprint density at radius 2 is 2.44 bits per heavy atom. The molecular weight excluding hydrogens is 120 g/mol. The first-order chi connectivity index (χ1) is 4.25. The molecule has 0 atom stereocenters. The average molecular weight is 127 g/mol.